The molecule has 0 bridgehead atoms. The minimum absolute atomic E-state index is 0.0922. The molecule has 0 radical (unpaired) electrons. The van der Waals surface area contributed by atoms with Crippen molar-refractivity contribution >= 4 is 15.8 Å². The summed E-state index contributed by atoms with van der Waals surface area (Å²) in [4.78, 5) is 4.00. The van der Waals surface area contributed by atoms with Gasteiger partial charge in [0.15, 0.2) is 0 Å². The summed E-state index contributed by atoms with van der Waals surface area (Å²) >= 11 is 0. The van der Waals surface area contributed by atoms with Crippen LogP contribution in [0.4, 0.5) is 5.82 Å². The number of nitrogens with zero attached hydrogens (tertiary/aromatic N) is 2. The average molecular weight is 267 g/mol. The van der Waals surface area contributed by atoms with Gasteiger partial charge in [0, 0.05) is 19.3 Å². The number of nitrogen functional groups attached to an aromatic ring is 1. The second kappa shape index (κ2) is 4.20. The van der Waals surface area contributed by atoms with Gasteiger partial charge in [-0.15, -0.1) is 0 Å². The zero-order valence-electron chi connectivity index (χ0n) is 10.1. The number of sulfonamides is 1. The second-order valence-corrected chi connectivity index (χ2v) is 7.07. The van der Waals surface area contributed by atoms with Gasteiger partial charge in [0.05, 0.1) is 0 Å². The number of anilines is 1. The van der Waals surface area contributed by atoms with Crippen LogP contribution in [0.5, 0.6) is 0 Å². The van der Waals surface area contributed by atoms with Crippen molar-refractivity contribution in [2.24, 2.45) is 11.8 Å². The Balaban J connectivity index is 1.90. The lowest BCUT2D eigenvalue weighted by Gasteiger charge is -2.17. The van der Waals surface area contributed by atoms with Crippen LogP contribution < -0.4 is 5.73 Å². The van der Waals surface area contributed by atoms with Crippen molar-refractivity contribution in [1.82, 2.24) is 9.29 Å². The Morgan fingerprint density at radius 1 is 1.28 bits per heavy atom. The molecule has 2 unspecified atom stereocenters. The SMILES string of the molecule is Nc1ncccc1S(=O)(=O)N1CC2CCCC2C1. The van der Waals surface area contributed by atoms with E-state index in [0.29, 0.717) is 24.9 Å². The standard InChI is InChI=1S/C12H17N3O2S/c13-12-11(5-2-6-14-12)18(16,17)15-7-9-3-1-4-10(9)8-15/h2,5-6,9-10H,1,3-4,7-8H2,(H2,13,14). The smallest absolute Gasteiger partial charge is 0.246 e. The number of nitrogens with two attached hydrogens (primary N) is 1. The first kappa shape index (κ1) is 11.9. The first-order valence-corrected chi connectivity index (χ1v) is 7.73. The van der Waals surface area contributed by atoms with Gasteiger partial charge in [0.25, 0.3) is 0 Å². The van der Waals surface area contributed by atoms with Gasteiger partial charge in [-0.1, -0.05) is 6.42 Å². The highest BCUT2D eigenvalue weighted by Gasteiger charge is 2.41. The molecule has 0 amide bonds. The third kappa shape index (κ3) is 1.80. The molecule has 2 heterocycles. The van der Waals surface area contributed by atoms with Crippen molar-refractivity contribution in [2.75, 3.05) is 18.8 Å². The van der Waals surface area contributed by atoms with E-state index in [0.717, 1.165) is 12.8 Å². The van der Waals surface area contributed by atoms with Gasteiger partial charge in [0.2, 0.25) is 10.0 Å². The Bertz CT molecular complexity index is 546. The molecule has 1 aromatic heterocycles. The average Bonchev–Trinajstić information content (AvgIpc) is 2.89. The van der Waals surface area contributed by atoms with Gasteiger partial charge in [-0.2, -0.15) is 4.31 Å². The third-order valence-corrected chi connectivity index (χ3v) is 5.99. The van der Waals surface area contributed by atoms with Crippen LogP contribution >= 0.6 is 0 Å². The minimum Gasteiger partial charge on any atom is -0.383 e. The molecular weight excluding hydrogens is 250 g/mol. The normalized spacial score (nSPS) is 28.4. The van der Waals surface area contributed by atoms with Crippen LogP contribution in [-0.4, -0.2) is 30.8 Å². The van der Waals surface area contributed by atoms with Crippen LogP contribution in [0, 0.1) is 11.8 Å². The van der Waals surface area contributed by atoms with Crippen molar-refractivity contribution in [3.05, 3.63) is 18.3 Å². The summed E-state index contributed by atoms with van der Waals surface area (Å²) in [7, 11) is -3.47. The second-order valence-electron chi connectivity index (χ2n) is 5.16. The Kier molecular flexibility index (Phi) is 2.79. The maximum Gasteiger partial charge on any atom is 0.246 e. The predicted octanol–water partition coefficient (Wildman–Crippen LogP) is 1.08. The lowest BCUT2D eigenvalue weighted by molar-refractivity contribution is 0.445. The van der Waals surface area contributed by atoms with Crippen molar-refractivity contribution in [3.63, 3.8) is 0 Å². The molecule has 1 aliphatic heterocycles. The number of pyridine rings is 1. The van der Waals surface area contributed by atoms with Crippen LogP contribution in [-0.2, 0) is 10.0 Å². The first-order valence-electron chi connectivity index (χ1n) is 6.29. The molecule has 98 valence electrons. The monoisotopic (exact) mass is 267 g/mol. The van der Waals surface area contributed by atoms with Crippen LogP contribution in [0.15, 0.2) is 23.2 Å². The lowest BCUT2D eigenvalue weighted by atomic mass is 10.0. The summed E-state index contributed by atoms with van der Waals surface area (Å²) in [5.41, 5.74) is 5.67. The van der Waals surface area contributed by atoms with Crippen LogP contribution in [0.2, 0.25) is 0 Å². The van der Waals surface area contributed by atoms with Crippen LogP contribution in [0.25, 0.3) is 0 Å². The van der Waals surface area contributed by atoms with Gasteiger partial charge < -0.3 is 5.73 Å². The van der Waals surface area contributed by atoms with E-state index in [1.807, 2.05) is 0 Å². The molecular formula is C12H17N3O2S. The van der Waals surface area contributed by atoms with E-state index < -0.39 is 10.0 Å². The van der Waals surface area contributed by atoms with Gasteiger partial charge in [-0.3, -0.25) is 0 Å². The molecule has 1 saturated carbocycles. The largest absolute Gasteiger partial charge is 0.383 e. The van der Waals surface area contributed by atoms with E-state index in [1.54, 1.807) is 10.4 Å². The molecule has 0 spiro atoms. The summed E-state index contributed by atoms with van der Waals surface area (Å²) in [6.45, 7) is 1.28. The fraction of sp³-hybridized carbons (Fsp3) is 0.583. The quantitative estimate of drug-likeness (QED) is 0.870. The van der Waals surface area contributed by atoms with Gasteiger partial charge >= 0.3 is 0 Å². The van der Waals surface area contributed by atoms with Gasteiger partial charge in [0.1, 0.15) is 10.7 Å². The summed E-state index contributed by atoms with van der Waals surface area (Å²) < 4.78 is 26.6. The molecule has 1 aliphatic carbocycles. The number of aromatic nitrogens is 1. The van der Waals surface area contributed by atoms with E-state index in [9.17, 15) is 8.42 Å². The Labute approximate surface area is 107 Å². The zero-order valence-corrected chi connectivity index (χ0v) is 10.9. The minimum atomic E-state index is -3.47. The molecule has 2 N–H and O–H groups in total. The third-order valence-electron chi connectivity index (χ3n) is 4.11. The van der Waals surface area contributed by atoms with E-state index in [1.165, 1.54) is 18.7 Å². The highest BCUT2D eigenvalue weighted by atomic mass is 32.2. The summed E-state index contributed by atoms with van der Waals surface area (Å²) in [5, 5.41) is 0. The molecule has 2 atom stereocenters. The van der Waals surface area contributed by atoms with E-state index in [-0.39, 0.29) is 10.7 Å². The highest BCUT2D eigenvalue weighted by molar-refractivity contribution is 7.89. The molecule has 18 heavy (non-hydrogen) atoms. The molecule has 6 heteroatoms. The molecule has 2 fully saturated rings. The molecule has 1 aromatic rings. The van der Waals surface area contributed by atoms with Gasteiger partial charge in [-0.25, -0.2) is 13.4 Å². The van der Waals surface area contributed by atoms with Crippen LogP contribution in [0.1, 0.15) is 19.3 Å². The van der Waals surface area contributed by atoms with Crippen LogP contribution in [0.3, 0.4) is 0 Å². The zero-order chi connectivity index (χ0) is 12.8. The Hall–Kier alpha value is -1.14. The summed E-state index contributed by atoms with van der Waals surface area (Å²) in [5.74, 6) is 1.17. The van der Waals surface area contributed by atoms with Crippen molar-refractivity contribution < 1.29 is 8.42 Å². The maximum absolute atomic E-state index is 12.5. The predicted molar refractivity (Wildman–Crippen MR) is 68.2 cm³/mol. The lowest BCUT2D eigenvalue weighted by Crippen LogP contribution is -2.30. The number of hydrogen-bond donors (Lipinski definition) is 1. The molecule has 3 rings (SSSR count). The van der Waals surface area contributed by atoms with Gasteiger partial charge in [-0.05, 0) is 36.8 Å². The maximum atomic E-state index is 12.5. The van der Waals surface area contributed by atoms with Crippen molar-refractivity contribution in [2.45, 2.75) is 24.2 Å². The topological polar surface area (TPSA) is 76.3 Å². The Morgan fingerprint density at radius 3 is 2.56 bits per heavy atom. The number of fused-ring (bicyclic) bond motifs is 1. The van der Waals surface area contributed by atoms with Crippen molar-refractivity contribution in [3.8, 4) is 0 Å². The molecule has 5 nitrogen and oxygen atoms in total. The summed E-state index contributed by atoms with van der Waals surface area (Å²) in [6.07, 6.45) is 5.05. The van der Waals surface area contributed by atoms with E-state index in [4.69, 9.17) is 5.73 Å². The molecule has 0 aromatic carbocycles. The highest BCUT2D eigenvalue weighted by Crippen LogP contribution is 2.40. The van der Waals surface area contributed by atoms with E-state index in [2.05, 4.69) is 4.98 Å². The number of rotatable bonds is 2. The molecule has 1 saturated heterocycles. The molecule has 2 aliphatic rings. The Morgan fingerprint density at radius 2 is 1.94 bits per heavy atom. The summed E-state index contributed by atoms with van der Waals surface area (Å²) in [6, 6.07) is 3.14. The fourth-order valence-corrected chi connectivity index (χ4v) is 4.77. The number of hydrogen-bond acceptors (Lipinski definition) is 4. The fourth-order valence-electron chi connectivity index (χ4n) is 3.15. The van der Waals surface area contributed by atoms with Crippen molar-refractivity contribution in [1.29, 1.82) is 0 Å². The first-order chi connectivity index (χ1) is 8.59. The van der Waals surface area contributed by atoms with E-state index >= 15 is 0 Å².